The van der Waals surface area contributed by atoms with Crippen LogP contribution in [0.25, 0.3) is 11.1 Å². The molecule has 2 nitrogen and oxygen atoms in total. The first-order chi connectivity index (χ1) is 13.3. The van der Waals surface area contributed by atoms with E-state index in [2.05, 4.69) is 69.3 Å². The third-order valence-electron chi connectivity index (χ3n) is 4.62. The van der Waals surface area contributed by atoms with E-state index < -0.39 is 0 Å². The molecule has 0 saturated heterocycles. The Morgan fingerprint density at radius 3 is 1.63 bits per heavy atom. The number of hydrogen-bond donors (Lipinski definition) is 0. The van der Waals surface area contributed by atoms with Crippen molar-refractivity contribution in [1.29, 1.82) is 0 Å². The van der Waals surface area contributed by atoms with Gasteiger partial charge in [0, 0.05) is 22.2 Å². The number of hydrogen-bond acceptors (Lipinski definition) is 4. The largest absolute Gasteiger partial charge is 0.255 e. The van der Waals surface area contributed by atoms with Crippen LogP contribution in [0.1, 0.15) is 20.9 Å². The molecule has 0 N–H and O–H groups in total. The summed E-state index contributed by atoms with van der Waals surface area (Å²) < 4.78 is 0. The zero-order chi connectivity index (χ0) is 18.1. The standard InChI is InChI=1S/C23H16N2S2/c1-3-20(26-9-1)14-24-18-5-7-22-16(12-18)11-17-13-19(6-8-23(17)22)25-15-21-4-2-10-27-21/h1-10,12-15H,11H2/b24-14+,25-15+. The van der Waals surface area contributed by atoms with Gasteiger partial charge in [-0.1, -0.05) is 24.3 Å². The fourth-order valence-electron chi connectivity index (χ4n) is 3.35. The van der Waals surface area contributed by atoms with E-state index in [4.69, 9.17) is 0 Å². The lowest BCUT2D eigenvalue weighted by Crippen LogP contribution is -1.80. The van der Waals surface area contributed by atoms with Crippen LogP contribution in [-0.2, 0) is 6.42 Å². The van der Waals surface area contributed by atoms with Crippen molar-refractivity contribution in [1.82, 2.24) is 0 Å². The Labute approximate surface area is 166 Å². The average molecular weight is 385 g/mol. The van der Waals surface area contributed by atoms with Crippen LogP contribution in [0.5, 0.6) is 0 Å². The van der Waals surface area contributed by atoms with Crippen LogP contribution in [-0.4, -0.2) is 12.4 Å². The maximum absolute atomic E-state index is 4.63. The predicted molar refractivity (Wildman–Crippen MR) is 118 cm³/mol. The summed E-state index contributed by atoms with van der Waals surface area (Å²) in [6, 6.07) is 21.2. The molecule has 0 saturated carbocycles. The maximum Gasteiger partial charge on any atom is 0.0633 e. The summed E-state index contributed by atoms with van der Waals surface area (Å²) in [6.07, 6.45) is 4.81. The molecule has 5 rings (SSSR count). The Morgan fingerprint density at radius 1 is 0.667 bits per heavy atom. The highest BCUT2D eigenvalue weighted by molar-refractivity contribution is 7.12. The van der Waals surface area contributed by atoms with Crippen LogP contribution >= 0.6 is 22.7 Å². The lowest BCUT2D eigenvalue weighted by Gasteiger charge is -2.02. The number of aliphatic imine (C=N–C) groups is 2. The Bertz CT molecular complexity index is 1050. The molecule has 2 aromatic carbocycles. The molecule has 1 aliphatic carbocycles. The third-order valence-corrected chi connectivity index (χ3v) is 6.23. The zero-order valence-corrected chi connectivity index (χ0v) is 16.1. The number of benzene rings is 2. The Hall–Kier alpha value is -2.82. The monoisotopic (exact) mass is 384 g/mol. The highest BCUT2D eigenvalue weighted by Crippen LogP contribution is 2.39. The number of fused-ring (bicyclic) bond motifs is 3. The van der Waals surface area contributed by atoms with Crippen molar-refractivity contribution in [2.45, 2.75) is 6.42 Å². The van der Waals surface area contributed by atoms with E-state index in [0.29, 0.717) is 0 Å². The molecule has 0 aliphatic heterocycles. The van der Waals surface area contributed by atoms with Crippen molar-refractivity contribution < 1.29 is 0 Å². The first-order valence-corrected chi connectivity index (χ1v) is 10.5. The van der Waals surface area contributed by atoms with E-state index in [0.717, 1.165) is 17.8 Å². The molecule has 4 aromatic rings. The highest BCUT2D eigenvalue weighted by atomic mass is 32.1. The van der Waals surface area contributed by atoms with E-state index in [1.807, 2.05) is 24.6 Å². The van der Waals surface area contributed by atoms with Crippen LogP contribution in [0.4, 0.5) is 11.4 Å². The van der Waals surface area contributed by atoms with Crippen molar-refractivity contribution >= 4 is 46.5 Å². The molecule has 4 heteroatoms. The van der Waals surface area contributed by atoms with Gasteiger partial charge in [-0.25, -0.2) is 0 Å². The van der Waals surface area contributed by atoms with Gasteiger partial charge in [0.05, 0.1) is 11.4 Å². The molecule has 0 fully saturated rings. The maximum atomic E-state index is 4.63. The van der Waals surface area contributed by atoms with Crippen LogP contribution < -0.4 is 0 Å². The van der Waals surface area contributed by atoms with Crippen molar-refractivity contribution in [2.24, 2.45) is 9.98 Å². The lowest BCUT2D eigenvalue weighted by atomic mass is 10.1. The molecule has 2 heterocycles. The summed E-state index contributed by atoms with van der Waals surface area (Å²) in [7, 11) is 0. The van der Waals surface area contributed by atoms with Gasteiger partial charge in [-0.3, -0.25) is 9.98 Å². The van der Waals surface area contributed by atoms with Gasteiger partial charge in [-0.2, -0.15) is 0 Å². The Morgan fingerprint density at radius 2 is 1.19 bits per heavy atom. The topological polar surface area (TPSA) is 24.7 Å². The second kappa shape index (κ2) is 7.06. The Kier molecular flexibility index (Phi) is 4.28. The van der Waals surface area contributed by atoms with Crippen LogP contribution in [0.3, 0.4) is 0 Å². The van der Waals surface area contributed by atoms with Crippen LogP contribution in [0, 0.1) is 0 Å². The van der Waals surface area contributed by atoms with Gasteiger partial charge in [-0.05, 0) is 75.8 Å². The SMILES string of the molecule is C(=N\c1ccc2c(c1)Cc1cc(/N=C/c3cccs3)ccc1-2)/c1cccs1. The quantitative estimate of drug-likeness (QED) is 0.302. The van der Waals surface area contributed by atoms with E-state index in [1.165, 1.54) is 32.0 Å². The molecule has 0 radical (unpaired) electrons. The second-order valence-electron chi connectivity index (χ2n) is 6.41. The molecular formula is C23H16N2S2. The third kappa shape index (κ3) is 3.42. The van der Waals surface area contributed by atoms with E-state index >= 15 is 0 Å². The summed E-state index contributed by atoms with van der Waals surface area (Å²) in [5.41, 5.74) is 7.31. The summed E-state index contributed by atoms with van der Waals surface area (Å²) in [6.45, 7) is 0. The number of rotatable bonds is 4. The van der Waals surface area contributed by atoms with E-state index in [9.17, 15) is 0 Å². The highest BCUT2D eigenvalue weighted by Gasteiger charge is 2.18. The van der Waals surface area contributed by atoms with E-state index in [-0.39, 0.29) is 0 Å². The first kappa shape index (κ1) is 16.4. The van der Waals surface area contributed by atoms with Crippen LogP contribution in [0.2, 0.25) is 0 Å². The fraction of sp³-hybridized carbons (Fsp3) is 0.0435. The molecule has 1 aliphatic rings. The fourth-order valence-corrected chi connectivity index (χ4v) is 4.52. The Balaban J connectivity index is 1.40. The predicted octanol–water partition coefficient (Wildman–Crippen LogP) is 6.88. The van der Waals surface area contributed by atoms with E-state index in [1.54, 1.807) is 22.7 Å². The molecule has 0 atom stereocenters. The summed E-state index contributed by atoms with van der Waals surface area (Å²) in [5, 5.41) is 4.14. The molecule has 2 aromatic heterocycles. The van der Waals surface area contributed by atoms with Crippen molar-refractivity contribution in [3.63, 3.8) is 0 Å². The van der Waals surface area contributed by atoms with Crippen molar-refractivity contribution in [3.05, 3.63) is 92.3 Å². The van der Waals surface area contributed by atoms with Gasteiger partial charge in [0.25, 0.3) is 0 Å². The molecular weight excluding hydrogens is 368 g/mol. The van der Waals surface area contributed by atoms with Gasteiger partial charge in [0.2, 0.25) is 0 Å². The molecule has 0 amide bonds. The molecule has 0 bridgehead atoms. The number of nitrogens with zero attached hydrogens (tertiary/aromatic N) is 2. The average Bonchev–Trinajstić information content (AvgIpc) is 3.44. The second-order valence-corrected chi connectivity index (χ2v) is 8.37. The van der Waals surface area contributed by atoms with Crippen molar-refractivity contribution in [3.8, 4) is 11.1 Å². The summed E-state index contributed by atoms with van der Waals surface area (Å²) >= 11 is 3.40. The normalized spacial score (nSPS) is 12.7. The molecule has 27 heavy (non-hydrogen) atoms. The summed E-state index contributed by atoms with van der Waals surface area (Å²) in [5.74, 6) is 0. The minimum atomic E-state index is 0.940. The van der Waals surface area contributed by atoms with Crippen LogP contribution in [0.15, 0.2) is 81.4 Å². The van der Waals surface area contributed by atoms with Gasteiger partial charge in [0.15, 0.2) is 0 Å². The van der Waals surface area contributed by atoms with Gasteiger partial charge in [-0.15, -0.1) is 22.7 Å². The molecule has 0 unspecified atom stereocenters. The zero-order valence-electron chi connectivity index (χ0n) is 14.5. The summed E-state index contributed by atoms with van der Waals surface area (Å²) in [4.78, 5) is 11.6. The number of thiophene rings is 2. The minimum Gasteiger partial charge on any atom is -0.255 e. The minimum absolute atomic E-state index is 0.940. The van der Waals surface area contributed by atoms with Gasteiger partial charge < -0.3 is 0 Å². The van der Waals surface area contributed by atoms with Gasteiger partial charge >= 0.3 is 0 Å². The van der Waals surface area contributed by atoms with Crippen molar-refractivity contribution in [2.75, 3.05) is 0 Å². The first-order valence-electron chi connectivity index (χ1n) is 8.76. The molecule has 0 spiro atoms. The smallest absolute Gasteiger partial charge is 0.0633 e. The van der Waals surface area contributed by atoms with Gasteiger partial charge in [0.1, 0.15) is 0 Å². The molecule has 130 valence electrons. The lowest BCUT2D eigenvalue weighted by molar-refractivity contribution is 1.26.